The van der Waals surface area contributed by atoms with Crippen LogP contribution >= 0.6 is 23.2 Å². The van der Waals surface area contributed by atoms with Gasteiger partial charge in [0.2, 0.25) is 0 Å². The molecule has 1 aromatic heterocycles. The fourth-order valence-electron chi connectivity index (χ4n) is 2.15. The molecular weight excluding hydrogens is 305 g/mol. The fourth-order valence-corrected chi connectivity index (χ4v) is 2.48. The maximum Gasteiger partial charge on any atom is 0.131 e. The number of halogens is 2. The van der Waals surface area contributed by atoms with Crippen LogP contribution in [0.2, 0.25) is 10.0 Å². The third-order valence-electron chi connectivity index (χ3n) is 3.28. The smallest absolute Gasteiger partial charge is 0.131 e. The lowest BCUT2D eigenvalue weighted by atomic mass is 10.1. The number of aromatic nitrogens is 1. The second kappa shape index (κ2) is 5.80. The normalized spacial score (nSPS) is 10.8. The van der Waals surface area contributed by atoms with Crippen molar-refractivity contribution in [3.8, 4) is 0 Å². The Balaban J connectivity index is 1.81. The molecule has 0 spiro atoms. The molecule has 3 nitrogen and oxygen atoms in total. The second-order valence-electron chi connectivity index (χ2n) is 4.73. The molecular formula is C16H13Cl2N3. The van der Waals surface area contributed by atoms with E-state index in [-0.39, 0.29) is 0 Å². The molecule has 0 bridgehead atoms. The van der Waals surface area contributed by atoms with Crippen LogP contribution < -0.4 is 11.1 Å². The largest absolute Gasteiger partial charge is 0.383 e. The minimum Gasteiger partial charge on any atom is -0.383 e. The van der Waals surface area contributed by atoms with Gasteiger partial charge >= 0.3 is 0 Å². The van der Waals surface area contributed by atoms with Gasteiger partial charge in [0.25, 0.3) is 0 Å². The highest BCUT2D eigenvalue weighted by molar-refractivity contribution is 6.42. The van der Waals surface area contributed by atoms with E-state index in [1.54, 1.807) is 12.3 Å². The summed E-state index contributed by atoms with van der Waals surface area (Å²) in [6.45, 7) is 0.655. The van der Waals surface area contributed by atoms with Crippen molar-refractivity contribution in [3.63, 3.8) is 0 Å². The van der Waals surface area contributed by atoms with Gasteiger partial charge in [0.1, 0.15) is 5.82 Å². The molecule has 21 heavy (non-hydrogen) atoms. The van der Waals surface area contributed by atoms with Gasteiger partial charge in [-0.3, -0.25) is 0 Å². The van der Waals surface area contributed by atoms with E-state index < -0.39 is 0 Å². The number of nitrogens with two attached hydrogens (primary N) is 1. The summed E-state index contributed by atoms with van der Waals surface area (Å²) in [6, 6.07) is 13.6. The van der Waals surface area contributed by atoms with Gasteiger partial charge in [0.15, 0.2) is 0 Å². The summed E-state index contributed by atoms with van der Waals surface area (Å²) in [4.78, 5) is 4.11. The molecule has 3 N–H and O–H groups in total. The lowest BCUT2D eigenvalue weighted by Crippen LogP contribution is -2.00. The Morgan fingerprint density at radius 2 is 1.86 bits per heavy atom. The number of rotatable bonds is 3. The number of hydrogen-bond acceptors (Lipinski definition) is 3. The fraction of sp³-hybridized carbons (Fsp3) is 0.0625. The van der Waals surface area contributed by atoms with Gasteiger partial charge < -0.3 is 11.1 Å². The molecule has 0 unspecified atom stereocenters. The van der Waals surface area contributed by atoms with Gasteiger partial charge in [-0.05, 0) is 41.3 Å². The van der Waals surface area contributed by atoms with Crippen LogP contribution in [0.15, 0.2) is 48.7 Å². The van der Waals surface area contributed by atoms with E-state index in [4.69, 9.17) is 28.9 Å². The summed E-state index contributed by atoms with van der Waals surface area (Å²) in [5, 5.41) is 6.47. The summed E-state index contributed by atoms with van der Waals surface area (Å²) in [6.07, 6.45) is 1.71. The highest BCUT2D eigenvalue weighted by atomic mass is 35.5. The first-order chi connectivity index (χ1) is 10.1. The zero-order chi connectivity index (χ0) is 14.8. The number of fused-ring (bicyclic) bond motifs is 1. The van der Waals surface area contributed by atoms with E-state index >= 15 is 0 Å². The van der Waals surface area contributed by atoms with Crippen molar-refractivity contribution in [2.75, 3.05) is 11.1 Å². The van der Waals surface area contributed by atoms with Gasteiger partial charge in [-0.2, -0.15) is 0 Å². The van der Waals surface area contributed by atoms with Crippen LogP contribution in [0.1, 0.15) is 5.56 Å². The van der Waals surface area contributed by atoms with Crippen molar-refractivity contribution in [2.24, 2.45) is 0 Å². The first kappa shape index (κ1) is 14.0. The Labute approximate surface area is 132 Å². The summed E-state index contributed by atoms with van der Waals surface area (Å²) in [7, 11) is 0. The van der Waals surface area contributed by atoms with Gasteiger partial charge in [-0.1, -0.05) is 35.3 Å². The molecule has 0 aliphatic heterocycles. The minimum atomic E-state index is 0.533. The number of benzene rings is 2. The Kier molecular flexibility index (Phi) is 3.86. The molecule has 0 radical (unpaired) electrons. The average molecular weight is 318 g/mol. The Morgan fingerprint density at radius 1 is 1.00 bits per heavy atom. The molecule has 5 heteroatoms. The molecule has 0 saturated carbocycles. The van der Waals surface area contributed by atoms with Crippen molar-refractivity contribution >= 4 is 45.5 Å². The minimum absolute atomic E-state index is 0.533. The average Bonchev–Trinajstić information content (AvgIpc) is 2.49. The van der Waals surface area contributed by atoms with E-state index in [0.717, 1.165) is 22.0 Å². The van der Waals surface area contributed by atoms with Crippen LogP contribution in [0.5, 0.6) is 0 Å². The highest BCUT2D eigenvalue weighted by Gasteiger charge is 2.02. The number of pyridine rings is 1. The lowest BCUT2D eigenvalue weighted by molar-refractivity contribution is 1.15. The number of anilines is 2. The lowest BCUT2D eigenvalue weighted by Gasteiger charge is -2.09. The van der Waals surface area contributed by atoms with Crippen LogP contribution in [0.3, 0.4) is 0 Å². The van der Waals surface area contributed by atoms with Gasteiger partial charge in [0, 0.05) is 23.8 Å². The first-order valence-electron chi connectivity index (χ1n) is 6.45. The summed E-state index contributed by atoms with van der Waals surface area (Å²) in [5.41, 5.74) is 7.94. The first-order valence-corrected chi connectivity index (χ1v) is 7.21. The molecule has 3 rings (SSSR count). The topological polar surface area (TPSA) is 50.9 Å². The maximum absolute atomic E-state index is 6.01. The van der Waals surface area contributed by atoms with Gasteiger partial charge in [-0.25, -0.2) is 4.98 Å². The number of hydrogen-bond donors (Lipinski definition) is 2. The molecule has 1 heterocycles. The SMILES string of the molecule is Nc1nccc2ccc(NCc3ccc(Cl)c(Cl)c3)cc12. The number of nitrogens with one attached hydrogen (secondary N) is 1. The van der Waals surface area contributed by atoms with Crippen molar-refractivity contribution < 1.29 is 0 Å². The predicted molar refractivity (Wildman–Crippen MR) is 89.9 cm³/mol. The molecule has 0 amide bonds. The van der Waals surface area contributed by atoms with E-state index in [9.17, 15) is 0 Å². The van der Waals surface area contributed by atoms with E-state index in [2.05, 4.69) is 10.3 Å². The zero-order valence-corrected chi connectivity index (χ0v) is 12.6. The van der Waals surface area contributed by atoms with Crippen LogP contribution in [0, 0.1) is 0 Å². The van der Waals surface area contributed by atoms with Crippen LogP contribution in [0.25, 0.3) is 10.8 Å². The van der Waals surface area contributed by atoms with E-state index in [1.807, 2.05) is 36.4 Å². The molecule has 0 saturated heterocycles. The van der Waals surface area contributed by atoms with Crippen molar-refractivity contribution in [2.45, 2.75) is 6.54 Å². The number of nitrogen functional groups attached to an aromatic ring is 1. The van der Waals surface area contributed by atoms with Crippen LogP contribution in [-0.4, -0.2) is 4.98 Å². The van der Waals surface area contributed by atoms with E-state index in [1.165, 1.54) is 0 Å². The Bertz CT molecular complexity index is 803. The Hall–Kier alpha value is -1.97. The molecule has 0 atom stereocenters. The molecule has 0 fully saturated rings. The van der Waals surface area contributed by atoms with Gasteiger partial charge in [-0.15, -0.1) is 0 Å². The quantitative estimate of drug-likeness (QED) is 0.733. The molecule has 0 aliphatic rings. The zero-order valence-electron chi connectivity index (χ0n) is 11.1. The summed E-state index contributed by atoms with van der Waals surface area (Å²) in [5.74, 6) is 0.533. The van der Waals surface area contributed by atoms with Crippen LogP contribution in [-0.2, 0) is 6.54 Å². The summed E-state index contributed by atoms with van der Waals surface area (Å²) < 4.78 is 0. The standard InChI is InChI=1S/C16H13Cl2N3/c17-14-4-1-10(7-15(14)18)9-21-12-3-2-11-5-6-20-16(19)13(11)8-12/h1-8,21H,9H2,(H2,19,20). The van der Waals surface area contributed by atoms with Crippen molar-refractivity contribution in [3.05, 3.63) is 64.3 Å². The third-order valence-corrected chi connectivity index (χ3v) is 4.02. The molecule has 106 valence electrons. The monoisotopic (exact) mass is 317 g/mol. The third kappa shape index (κ3) is 3.04. The second-order valence-corrected chi connectivity index (χ2v) is 5.55. The molecule has 2 aromatic carbocycles. The predicted octanol–water partition coefficient (Wildman–Crippen LogP) is 4.74. The van der Waals surface area contributed by atoms with Crippen LogP contribution in [0.4, 0.5) is 11.5 Å². The molecule has 3 aromatic rings. The maximum atomic E-state index is 6.01. The van der Waals surface area contributed by atoms with Crippen molar-refractivity contribution in [1.82, 2.24) is 4.98 Å². The molecule has 0 aliphatic carbocycles. The summed E-state index contributed by atoms with van der Waals surface area (Å²) >= 11 is 11.9. The number of nitrogens with zero attached hydrogens (tertiary/aromatic N) is 1. The van der Waals surface area contributed by atoms with E-state index in [0.29, 0.717) is 22.4 Å². The Morgan fingerprint density at radius 3 is 2.67 bits per heavy atom. The van der Waals surface area contributed by atoms with Crippen molar-refractivity contribution in [1.29, 1.82) is 0 Å². The van der Waals surface area contributed by atoms with Gasteiger partial charge in [0.05, 0.1) is 10.0 Å². The highest BCUT2D eigenvalue weighted by Crippen LogP contribution is 2.25.